The second kappa shape index (κ2) is 8.22. The Balaban J connectivity index is 1.45. The number of aromatic nitrogens is 4. The van der Waals surface area contributed by atoms with Crippen molar-refractivity contribution in [2.45, 2.75) is 32.2 Å². The SMILES string of the molecule is Cc1nnnn1-c1cccc(NC(=O)C2CCCN2C(=O)Cc2ccccc2)c1. The van der Waals surface area contributed by atoms with Crippen LogP contribution in [-0.4, -0.2) is 49.5 Å². The molecule has 0 aliphatic carbocycles. The average molecular weight is 390 g/mol. The molecular formula is C21H22N6O2. The van der Waals surface area contributed by atoms with Crippen LogP contribution in [0.15, 0.2) is 54.6 Å². The van der Waals surface area contributed by atoms with E-state index in [0.717, 1.165) is 17.7 Å². The number of likely N-dealkylation sites (tertiary alicyclic amines) is 1. The highest BCUT2D eigenvalue weighted by molar-refractivity contribution is 5.98. The lowest BCUT2D eigenvalue weighted by Crippen LogP contribution is -2.43. The van der Waals surface area contributed by atoms with Gasteiger partial charge in [0.25, 0.3) is 0 Å². The van der Waals surface area contributed by atoms with Gasteiger partial charge in [0.2, 0.25) is 11.8 Å². The maximum Gasteiger partial charge on any atom is 0.247 e. The standard InChI is InChI=1S/C21H22N6O2/c1-15-23-24-25-27(15)18-10-5-9-17(14-18)22-21(29)19-11-6-12-26(19)20(28)13-16-7-3-2-4-8-16/h2-5,7-10,14,19H,6,11-13H2,1H3,(H,22,29). The maximum absolute atomic E-state index is 12.9. The van der Waals surface area contributed by atoms with Crippen molar-refractivity contribution in [2.24, 2.45) is 0 Å². The molecular weight excluding hydrogens is 368 g/mol. The Morgan fingerprint density at radius 3 is 2.72 bits per heavy atom. The highest BCUT2D eigenvalue weighted by atomic mass is 16.2. The molecule has 3 aromatic rings. The van der Waals surface area contributed by atoms with E-state index in [1.807, 2.05) is 54.6 Å². The van der Waals surface area contributed by atoms with Crippen LogP contribution in [0.1, 0.15) is 24.2 Å². The zero-order valence-corrected chi connectivity index (χ0v) is 16.2. The van der Waals surface area contributed by atoms with E-state index in [1.165, 1.54) is 0 Å². The first kappa shape index (κ1) is 18.8. The molecule has 0 radical (unpaired) electrons. The van der Waals surface area contributed by atoms with Gasteiger partial charge in [-0.25, -0.2) is 0 Å². The number of hydrogen-bond acceptors (Lipinski definition) is 5. The highest BCUT2D eigenvalue weighted by Crippen LogP contribution is 2.21. The largest absolute Gasteiger partial charge is 0.330 e. The third kappa shape index (κ3) is 4.16. The van der Waals surface area contributed by atoms with Crippen LogP contribution in [0.4, 0.5) is 5.69 Å². The summed E-state index contributed by atoms with van der Waals surface area (Å²) in [7, 11) is 0. The Bertz CT molecular complexity index is 1020. The molecule has 2 aromatic carbocycles. The molecule has 1 aliphatic heterocycles. The molecule has 8 nitrogen and oxygen atoms in total. The van der Waals surface area contributed by atoms with Gasteiger partial charge in [-0.05, 0) is 54.0 Å². The fourth-order valence-electron chi connectivity index (χ4n) is 3.62. The van der Waals surface area contributed by atoms with E-state index in [2.05, 4.69) is 20.8 Å². The Kier molecular flexibility index (Phi) is 5.33. The number of carbonyl (C=O) groups is 2. The van der Waals surface area contributed by atoms with E-state index in [1.54, 1.807) is 16.5 Å². The van der Waals surface area contributed by atoms with Crippen molar-refractivity contribution in [2.75, 3.05) is 11.9 Å². The van der Waals surface area contributed by atoms with Crippen LogP contribution in [0, 0.1) is 6.92 Å². The van der Waals surface area contributed by atoms with E-state index in [-0.39, 0.29) is 11.8 Å². The summed E-state index contributed by atoms with van der Waals surface area (Å²) in [6.45, 7) is 2.41. The van der Waals surface area contributed by atoms with Crippen molar-refractivity contribution in [3.63, 3.8) is 0 Å². The van der Waals surface area contributed by atoms with E-state index in [0.29, 0.717) is 30.9 Å². The number of hydrogen-bond donors (Lipinski definition) is 1. The van der Waals surface area contributed by atoms with Gasteiger partial charge in [0.15, 0.2) is 5.82 Å². The van der Waals surface area contributed by atoms with Crippen LogP contribution in [0.2, 0.25) is 0 Å². The Morgan fingerprint density at radius 1 is 1.14 bits per heavy atom. The van der Waals surface area contributed by atoms with Gasteiger partial charge in [0.1, 0.15) is 6.04 Å². The topological polar surface area (TPSA) is 93.0 Å². The lowest BCUT2D eigenvalue weighted by molar-refractivity contribution is -0.136. The van der Waals surface area contributed by atoms with Gasteiger partial charge in [0, 0.05) is 12.2 Å². The molecule has 29 heavy (non-hydrogen) atoms. The molecule has 2 amide bonds. The third-order valence-corrected chi connectivity index (χ3v) is 5.06. The van der Waals surface area contributed by atoms with E-state index >= 15 is 0 Å². The molecule has 1 N–H and O–H groups in total. The molecule has 1 atom stereocenters. The number of tetrazole rings is 1. The summed E-state index contributed by atoms with van der Waals surface area (Å²) in [5, 5.41) is 14.4. The van der Waals surface area contributed by atoms with Gasteiger partial charge < -0.3 is 10.2 Å². The molecule has 4 rings (SSSR count). The summed E-state index contributed by atoms with van der Waals surface area (Å²) in [6.07, 6.45) is 1.79. The monoisotopic (exact) mass is 390 g/mol. The quantitative estimate of drug-likeness (QED) is 0.720. The van der Waals surface area contributed by atoms with Gasteiger partial charge in [0.05, 0.1) is 12.1 Å². The summed E-state index contributed by atoms with van der Waals surface area (Å²) in [5.74, 6) is 0.461. The van der Waals surface area contributed by atoms with Crippen molar-refractivity contribution in [3.05, 3.63) is 66.0 Å². The van der Waals surface area contributed by atoms with Gasteiger partial charge in [-0.15, -0.1) is 5.10 Å². The van der Waals surface area contributed by atoms with Crippen LogP contribution in [0.3, 0.4) is 0 Å². The lowest BCUT2D eigenvalue weighted by atomic mass is 10.1. The smallest absolute Gasteiger partial charge is 0.247 e. The third-order valence-electron chi connectivity index (χ3n) is 5.06. The number of carbonyl (C=O) groups excluding carboxylic acids is 2. The average Bonchev–Trinajstić information content (AvgIpc) is 3.38. The Labute approximate surface area is 168 Å². The molecule has 2 heterocycles. The number of benzene rings is 2. The van der Waals surface area contributed by atoms with Crippen molar-refractivity contribution in [1.29, 1.82) is 0 Å². The predicted molar refractivity (Wildman–Crippen MR) is 107 cm³/mol. The minimum absolute atomic E-state index is 0.0214. The number of aryl methyl sites for hydroxylation is 1. The van der Waals surface area contributed by atoms with Crippen molar-refractivity contribution in [3.8, 4) is 5.69 Å². The number of amides is 2. The minimum atomic E-state index is -0.454. The van der Waals surface area contributed by atoms with E-state index < -0.39 is 6.04 Å². The van der Waals surface area contributed by atoms with Crippen molar-refractivity contribution in [1.82, 2.24) is 25.1 Å². The molecule has 1 saturated heterocycles. The first-order valence-corrected chi connectivity index (χ1v) is 9.61. The van der Waals surface area contributed by atoms with Gasteiger partial charge in [-0.1, -0.05) is 36.4 Å². The molecule has 0 spiro atoms. The zero-order valence-electron chi connectivity index (χ0n) is 16.2. The first-order valence-electron chi connectivity index (χ1n) is 9.61. The zero-order chi connectivity index (χ0) is 20.2. The van der Waals surface area contributed by atoms with Crippen LogP contribution in [0.25, 0.3) is 5.69 Å². The molecule has 1 aliphatic rings. The molecule has 148 valence electrons. The van der Waals surface area contributed by atoms with Gasteiger partial charge in [-0.3, -0.25) is 9.59 Å². The van der Waals surface area contributed by atoms with Crippen LogP contribution in [-0.2, 0) is 16.0 Å². The molecule has 1 fully saturated rings. The summed E-state index contributed by atoms with van der Waals surface area (Å²) < 4.78 is 1.60. The second-order valence-electron chi connectivity index (χ2n) is 7.09. The number of nitrogens with zero attached hydrogens (tertiary/aromatic N) is 5. The highest BCUT2D eigenvalue weighted by Gasteiger charge is 2.33. The Hall–Kier alpha value is -3.55. The number of nitrogens with one attached hydrogen (secondary N) is 1. The van der Waals surface area contributed by atoms with Crippen LogP contribution in [0.5, 0.6) is 0 Å². The molecule has 8 heteroatoms. The maximum atomic E-state index is 12.9. The number of anilines is 1. The van der Waals surface area contributed by atoms with E-state index in [4.69, 9.17) is 0 Å². The van der Waals surface area contributed by atoms with Crippen molar-refractivity contribution < 1.29 is 9.59 Å². The van der Waals surface area contributed by atoms with E-state index in [9.17, 15) is 9.59 Å². The summed E-state index contributed by atoms with van der Waals surface area (Å²) in [5.41, 5.74) is 2.35. The van der Waals surface area contributed by atoms with Gasteiger partial charge >= 0.3 is 0 Å². The summed E-state index contributed by atoms with van der Waals surface area (Å²) >= 11 is 0. The van der Waals surface area contributed by atoms with Crippen LogP contribution < -0.4 is 5.32 Å². The second-order valence-corrected chi connectivity index (χ2v) is 7.09. The van der Waals surface area contributed by atoms with Crippen LogP contribution >= 0.6 is 0 Å². The fraction of sp³-hybridized carbons (Fsp3) is 0.286. The predicted octanol–water partition coefficient (Wildman–Crippen LogP) is 2.14. The lowest BCUT2D eigenvalue weighted by Gasteiger charge is -2.24. The van der Waals surface area contributed by atoms with Gasteiger partial charge in [-0.2, -0.15) is 4.68 Å². The molecule has 1 aromatic heterocycles. The summed E-state index contributed by atoms with van der Waals surface area (Å²) in [4.78, 5) is 27.3. The minimum Gasteiger partial charge on any atom is -0.330 e. The molecule has 0 bridgehead atoms. The normalized spacial score (nSPS) is 16.0. The number of rotatable bonds is 5. The Morgan fingerprint density at radius 2 is 1.97 bits per heavy atom. The fourth-order valence-corrected chi connectivity index (χ4v) is 3.62. The molecule has 0 saturated carbocycles. The first-order chi connectivity index (χ1) is 14.1. The van der Waals surface area contributed by atoms with Crippen molar-refractivity contribution >= 4 is 17.5 Å². The summed E-state index contributed by atoms with van der Waals surface area (Å²) in [6, 6.07) is 16.5. The molecule has 1 unspecified atom stereocenters.